The molecule has 3 aromatic rings. The van der Waals surface area contributed by atoms with E-state index >= 15 is 0 Å². The maximum atomic E-state index is 11.5. The fourth-order valence-corrected chi connectivity index (χ4v) is 3.57. The van der Waals surface area contributed by atoms with Crippen LogP contribution >= 0.6 is 11.3 Å². The molecule has 0 unspecified atom stereocenters. The molecule has 1 aromatic heterocycles. The molecule has 4 nitrogen and oxygen atoms in total. The van der Waals surface area contributed by atoms with Gasteiger partial charge in [-0.25, -0.2) is 4.98 Å². The van der Waals surface area contributed by atoms with Gasteiger partial charge in [-0.3, -0.25) is 4.79 Å². The molecular formula is C19H17N3OS. The number of hydrogen-bond acceptors (Lipinski definition) is 4. The van der Waals surface area contributed by atoms with E-state index in [1.54, 1.807) is 11.3 Å². The Hall–Kier alpha value is -2.66. The summed E-state index contributed by atoms with van der Waals surface area (Å²) in [4.78, 5) is 16.2. The summed E-state index contributed by atoms with van der Waals surface area (Å²) in [6, 6.07) is 12.3. The third-order valence-corrected chi connectivity index (χ3v) is 4.92. The first-order chi connectivity index (χ1) is 11.6. The molecule has 0 fully saturated rings. The zero-order valence-electron chi connectivity index (χ0n) is 13.5. The minimum Gasteiger partial charge on any atom is -0.331 e. The van der Waals surface area contributed by atoms with Crippen LogP contribution in [0.1, 0.15) is 16.7 Å². The van der Waals surface area contributed by atoms with Crippen molar-refractivity contribution in [1.82, 2.24) is 4.98 Å². The molecule has 0 saturated heterocycles. The van der Waals surface area contributed by atoms with E-state index in [2.05, 4.69) is 42.7 Å². The summed E-state index contributed by atoms with van der Waals surface area (Å²) in [5.41, 5.74) is 7.41. The molecule has 1 aliphatic rings. The molecule has 1 aliphatic heterocycles. The van der Waals surface area contributed by atoms with Crippen LogP contribution in [0.5, 0.6) is 0 Å². The Bertz CT molecular complexity index is 946. The second-order valence-corrected chi connectivity index (χ2v) is 6.94. The fourth-order valence-electron chi connectivity index (χ4n) is 2.84. The van der Waals surface area contributed by atoms with Crippen LogP contribution in [0.3, 0.4) is 0 Å². The summed E-state index contributed by atoms with van der Waals surface area (Å²) in [7, 11) is 0. The number of aromatic nitrogens is 1. The minimum absolute atomic E-state index is 0.0534. The molecule has 0 radical (unpaired) electrons. The highest BCUT2D eigenvalue weighted by Gasteiger charge is 2.18. The Balaban J connectivity index is 1.60. The number of aryl methyl sites for hydroxylation is 2. The summed E-state index contributed by atoms with van der Waals surface area (Å²) < 4.78 is 0. The maximum Gasteiger partial charge on any atom is 0.228 e. The van der Waals surface area contributed by atoms with Gasteiger partial charge in [0, 0.05) is 22.3 Å². The number of carbonyl (C=O) groups excluding carboxylic acids is 1. The number of hydrogen-bond donors (Lipinski definition) is 2. The predicted octanol–water partition coefficient (Wildman–Crippen LogP) is 4.67. The van der Waals surface area contributed by atoms with Gasteiger partial charge in [0.1, 0.15) is 0 Å². The molecule has 120 valence electrons. The normalized spacial score (nSPS) is 12.8. The summed E-state index contributed by atoms with van der Waals surface area (Å²) in [6.45, 7) is 4.17. The summed E-state index contributed by atoms with van der Waals surface area (Å²) in [5, 5.41) is 9.17. The smallest absolute Gasteiger partial charge is 0.228 e. The Kier molecular flexibility index (Phi) is 3.58. The summed E-state index contributed by atoms with van der Waals surface area (Å²) in [6.07, 6.45) is 0.445. The lowest BCUT2D eigenvalue weighted by Crippen LogP contribution is -2.03. The molecule has 2 aromatic carbocycles. The lowest BCUT2D eigenvalue weighted by atomic mass is 10.1. The van der Waals surface area contributed by atoms with Crippen molar-refractivity contribution >= 4 is 33.8 Å². The summed E-state index contributed by atoms with van der Waals surface area (Å²) in [5.74, 6) is 0.0534. The van der Waals surface area contributed by atoms with E-state index in [0.29, 0.717) is 6.42 Å². The van der Waals surface area contributed by atoms with Gasteiger partial charge in [0.15, 0.2) is 5.13 Å². The molecule has 2 heterocycles. The van der Waals surface area contributed by atoms with E-state index in [4.69, 9.17) is 4.98 Å². The second kappa shape index (κ2) is 5.76. The van der Waals surface area contributed by atoms with Gasteiger partial charge in [0.2, 0.25) is 5.91 Å². The molecule has 0 atom stereocenters. The Morgan fingerprint density at radius 1 is 1.17 bits per heavy atom. The van der Waals surface area contributed by atoms with E-state index in [0.717, 1.165) is 33.3 Å². The van der Waals surface area contributed by atoms with Crippen LogP contribution in [0.15, 0.2) is 41.8 Å². The van der Waals surface area contributed by atoms with Crippen molar-refractivity contribution in [3.05, 3.63) is 58.5 Å². The van der Waals surface area contributed by atoms with Crippen molar-refractivity contribution < 1.29 is 4.79 Å². The second-order valence-electron chi connectivity index (χ2n) is 6.08. The molecular weight excluding hydrogens is 318 g/mol. The highest BCUT2D eigenvalue weighted by Crippen LogP contribution is 2.32. The topological polar surface area (TPSA) is 54.0 Å². The van der Waals surface area contributed by atoms with Crippen LogP contribution in [0.25, 0.3) is 11.3 Å². The molecule has 4 rings (SSSR count). The van der Waals surface area contributed by atoms with Crippen LogP contribution in [-0.2, 0) is 11.2 Å². The van der Waals surface area contributed by atoms with Gasteiger partial charge in [-0.05, 0) is 48.7 Å². The molecule has 24 heavy (non-hydrogen) atoms. The van der Waals surface area contributed by atoms with Crippen molar-refractivity contribution in [1.29, 1.82) is 0 Å². The first-order valence-corrected chi connectivity index (χ1v) is 8.69. The van der Waals surface area contributed by atoms with Crippen molar-refractivity contribution in [3.63, 3.8) is 0 Å². The molecule has 0 saturated carbocycles. The third kappa shape index (κ3) is 2.78. The van der Waals surface area contributed by atoms with Crippen LogP contribution in [0.2, 0.25) is 0 Å². The Morgan fingerprint density at radius 3 is 2.92 bits per heavy atom. The number of benzene rings is 2. The van der Waals surface area contributed by atoms with Crippen molar-refractivity contribution in [2.24, 2.45) is 0 Å². The van der Waals surface area contributed by atoms with Crippen LogP contribution in [0, 0.1) is 13.8 Å². The molecule has 2 N–H and O–H groups in total. The minimum atomic E-state index is 0.0534. The van der Waals surface area contributed by atoms with Gasteiger partial charge >= 0.3 is 0 Å². The molecule has 0 aliphatic carbocycles. The number of thiazole rings is 1. The number of nitrogens with one attached hydrogen (secondary N) is 2. The van der Waals surface area contributed by atoms with Crippen molar-refractivity contribution in [2.75, 3.05) is 10.6 Å². The number of anilines is 3. The first kappa shape index (κ1) is 14.9. The number of rotatable bonds is 3. The van der Waals surface area contributed by atoms with Crippen LogP contribution in [0.4, 0.5) is 16.5 Å². The number of nitrogens with zero attached hydrogens (tertiary/aromatic N) is 1. The van der Waals surface area contributed by atoms with Gasteiger partial charge in [0.05, 0.1) is 12.1 Å². The van der Waals surface area contributed by atoms with E-state index < -0.39 is 0 Å². The van der Waals surface area contributed by atoms with Gasteiger partial charge in [-0.1, -0.05) is 18.2 Å². The van der Waals surface area contributed by atoms with Gasteiger partial charge < -0.3 is 10.6 Å². The Morgan fingerprint density at radius 2 is 2.04 bits per heavy atom. The molecule has 1 amide bonds. The largest absolute Gasteiger partial charge is 0.331 e. The lowest BCUT2D eigenvalue weighted by Gasteiger charge is -2.07. The van der Waals surface area contributed by atoms with Gasteiger partial charge in [-0.15, -0.1) is 11.3 Å². The van der Waals surface area contributed by atoms with Gasteiger partial charge in [-0.2, -0.15) is 0 Å². The highest BCUT2D eigenvalue weighted by molar-refractivity contribution is 7.14. The fraction of sp³-hybridized carbons (Fsp3) is 0.158. The van der Waals surface area contributed by atoms with Crippen LogP contribution < -0.4 is 10.6 Å². The highest BCUT2D eigenvalue weighted by atomic mass is 32.1. The standard InChI is InChI=1S/C19H17N3OS/c1-11-3-4-12(2)16(7-11)21-19-22-17(10-24-19)13-5-6-15-14(8-13)9-18(23)20-15/h3-8,10H,9H2,1-2H3,(H,20,23)(H,21,22). The zero-order valence-corrected chi connectivity index (χ0v) is 14.3. The molecule has 0 spiro atoms. The average molecular weight is 335 g/mol. The zero-order chi connectivity index (χ0) is 16.7. The average Bonchev–Trinajstić information content (AvgIpc) is 3.15. The Labute approximate surface area is 144 Å². The monoisotopic (exact) mass is 335 g/mol. The third-order valence-electron chi connectivity index (χ3n) is 4.16. The van der Waals surface area contributed by atoms with Gasteiger partial charge in [0.25, 0.3) is 0 Å². The predicted molar refractivity (Wildman–Crippen MR) is 99.1 cm³/mol. The lowest BCUT2D eigenvalue weighted by molar-refractivity contribution is -0.115. The first-order valence-electron chi connectivity index (χ1n) is 7.81. The van der Waals surface area contributed by atoms with E-state index in [1.807, 2.05) is 23.6 Å². The molecule has 5 heteroatoms. The number of fused-ring (bicyclic) bond motifs is 1. The molecule has 0 bridgehead atoms. The van der Waals surface area contributed by atoms with Crippen molar-refractivity contribution in [2.45, 2.75) is 20.3 Å². The van der Waals surface area contributed by atoms with E-state index in [-0.39, 0.29) is 5.91 Å². The van der Waals surface area contributed by atoms with Crippen molar-refractivity contribution in [3.8, 4) is 11.3 Å². The van der Waals surface area contributed by atoms with Crippen LogP contribution in [-0.4, -0.2) is 10.9 Å². The SMILES string of the molecule is Cc1ccc(C)c(Nc2nc(-c3ccc4c(c3)CC(=O)N4)cs2)c1. The van der Waals surface area contributed by atoms with E-state index in [9.17, 15) is 4.79 Å². The summed E-state index contributed by atoms with van der Waals surface area (Å²) >= 11 is 1.58. The maximum absolute atomic E-state index is 11.5. The number of amides is 1. The quantitative estimate of drug-likeness (QED) is 0.731. The van der Waals surface area contributed by atoms with E-state index in [1.165, 1.54) is 11.1 Å². The number of carbonyl (C=O) groups is 1.